The van der Waals surface area contributed by atoms with Crippen molar-refractivity contribution in [2.75, 3.05) is 10.2 Å². The predicted octanol–water partition coefficient (Wildman–Crippen LogP) is 4.19. The number of para-hydroxylation sites is 3. The van der Waals surface area contributed by atoms with Crippen molar-refractivity contribution < 1.29 is 9.59 Å². The van der Waals surface area contributed by atoms with Gasteiger partial charge in [-0.1, -0.05) is 47.4 Å². The molecule has 30 heavy (non-hydrogen) atoms. The van der Waals surface area contributed by atoms with Crippen molar-refractivity contribution in [3.63, 3.8) is 0 Å². The van der Waals surface area contributed by atoms with Crippen LogP contribution in [0.15, 0.2) is 53.7 Å². The first-order valence-electron chi connectivity index (χ1n) is 9.52. The van der Waals surface area contributed by atoms with Crippen LogP contribution >= 0.6 is 23.1 Å². The maximum atomic E-state index is 13.6. The van der Waals surface area contributed by atoms with Crippen molar-refractivity contribution in [2.45, 2.75) is 36.7 Å². The lowest BCUT2D eigenvalue weighted by atomic mass is 9.96. The van der Waals surface area contributed by atoms with Crippen molar-refractivity contribution in [3.8, 4) is 0 Å². The number of hydrogen-bond acceptors (Lipinski definition) is 6. The lowest BCUT2D eigenvalue weighted by Gasteiger charge is -2.42. The average Bonchev–Trinajstić information content (AvgIpc) is 3.28. The fourth-order valence-electron chi connectivity index (χ4n) is 3.67. The van der Waals surface area contributed by atoms with Crippen LogP contribution in [0.3, 0.4) is 0 Å². The highest BCUT2D eigenvalue weighted by molar-refractivity contribution is 8.00. The molecule has 1 aliphatic heterocycles. The zero-order chi connectivity index (χ0) is 21.0. The molecule has 152 valence electrons. The molecule has 0 bridgehead atoms. The fraction of sp³-hybridized carbons (Fsp3) is 0.238. The third-order valence-electron chi connectivity index (χ3n) is 5.27. The Bertz CT molecular complexity index is 1310. The van der Waals surface area contributed by atoms with Gasteiger partial charge in [-0.2, -0.15) is 0 Å². The molecule has 1 aliphatic rings. The molecule has 9 heteroatoms. The summed E-state index contributed by atoms with van der Waals surface area (Å²) in [6.45, 7) is 5.36. The second-order valence-corrected chi connectivity index (χ2v) is 9.95. The zero-order valence-corrected chi connectivity index (χ0v) is 18.3. The Morgan fingerprint density at radius 2 is 1.87 bits per heavy atom. The third-order valence-corrected chi connectivity index (χ3v) is 7.31. The Labute approximate surface area is 181 Å². The topological polar surface area (TPSA) is 79.6 Å². The quantitative estimate of drug-likeness (QED) is 0.486. The number of benzene rings is 2. The molecule has 0 saturated heterocycles. The molecule has 1 N–H and O–H groups in total. The number of thiazole rings is 1. The monoisotopic (exact) mass is 437 g/mol. The number of anilines is 2. The fourth-order valence-corrected chi connectivity index (χ4v) is 5.59. The molecular weight excluding hydrogens is 418 g/mol. The van der Waals surface area contributed by atoms with Gasteiger partial charge in [0.05, 0.1) is 26.8 Å². The molecule has 5 rings (SSSR count). The summed E-state index contributed by atoms with van der Waals surface area (Å²) in [6, 6.07) is 15.4. The summed E-state index contributed by atoms with van der Waals surface area (Å²) in [6.07, 6.45) is 0. The van der Waals surface area contributed by atoms with E-state index in [-0.39, 0.29) is 11.8 Å². The minimum Gasteiger partial charge on any atom is -0.322 e. The summed E-state index contributed by atoms with van der Waals surface area (Å²) in [7, 11) is 0. The van der Waals surface area contributed by atoms with Crippen molar-refractivity contribution in [3.05, 3.63) is 48.5 Å². The lowest BCUT2D eigenvalue weighted by Crippen LogP contribution is -2.60. The van der Waals surface area contributed by atoms with Gasteiger partial charge in [0.15, 0.2) is 5.16 Å². The highest BCUT2D eigenvalue weighted by Gasteiger charge is 2.45. The van der Waals surface area contributed by atoms with Gasteiger partial charge in [-0.05, 0) is 45.0 Å². The van der Waals surface area contributed by atoms with Crippen LogP contribution < -0.4 is 10.2 Å². The summed E-state index contributed by atoms with van der Waals surface area (Å²) in [4.78, 5) is 28.6. The molecule has 7 nitrogen and oxygen atoms in total. The van der Waals surface area contributed by atoms with E-state index in [1.54, 1.807) is 36.2 Å². The van der Waals surface area contributed by atoms with Crippen LogP contribution in [0.2, 0.25) is 0 Å². The Morgan fingerprint density at radius 1 is 1.13 bits per heavy atom. The Hall–Kier alpha value is -2.91. The van der Waals surface area contributed by atoms with Crippen LogP contribution in [0, 0.1) is 0 Å². The van der Waals surface area contributed by atoms with Crippen molar-refractivity contribution in [1.82, 2.24) is 14.6 Å². The SMILES string of the molecule is C[C@H](Sc1nnc2sc3ccccc3n12)C(=O)N1c2ccccc2NC(=O)C1(C)C. The normalized spacial score (nSPS) is 16.5. The molecule has 0 fully saturated rings. The van der Waals surface area contributed by atoms with E-state index < -0.39 is 10.8 Å². The molecule has 3 heterocycles. The number of carbonyl (C=O) groups excluding carboxylic acids is 2. The highest BCUT2D eigenvalue weighted by atomic mass is 32.2. The van der Waals surface area contributed by atoms with Crippen LogP contribution in [0.4, 0.5) is 11.4 Å². The van der Waals surface area contributed by atoms with Crippen molar-refractivity contribution in [1.29, 1.82) is 0 Å². The molecule has 2 aromatic carbocycles. The summed E-state index contributed by atoms with van der Waals surface area (Å²) < 4.78 is 3.10. The molecule has 0 spiro atoms. The molecule has 0 unspecified atom stereocenters. The first kappa shape index (κ1) is 19.1. The van der Waals surface area contributed by atoms with E-state index in [1.807, 2.05) is 53.8 Å². The molecule has 0 saturated carbocycles. The minimum atomic E-state index is -1.00. The van der Waals surface area contributed by atoms with Gasteiger partial charge in [0.2, 0.25) is 16.8 Å². The number of fused-ring (bicyclic) bond motifs is 4. The van der Waals surface area contributed by atoms with Gasteiger partial charge in [0.1, 0.15) is 5.54 Å². The number of thioether (sulfide) groups is 1. The Balaban J connectivity index is 1.51. The summed E-state index contributed by atoms with van der Waals surface area (Å²) in [5.41, 5.74) is 1.36. The van der Waals surface area contributed by atoms with Crippen LogP contribution in [0.1, 0.15) is 20.8 Å². The van der Waals surface area contributed by atoms with E-state index in [0.717, 1.165) is 15.2 Å². The molecule has 2 amide bonds. The number of rotatable bonds is 3. The maximum absolute atomic E-state index is 13.6. The van der Waals surface area contributed by atoms with E-state index in [1.165, 1.54) is 11.8 Å². The van der Waals surface area contributed by atoms with Crippen molar-refractivity contribution in [2.24, 2.45) is 0 Å². The minimum absolute atomic E-state index is 0.149. The van der Waals surface area contributed by atoms with Gasteiger partial charge in [-0.3, -0.25) is 18.9 Å². The van der Waals surface area contributed by atoms with E-state index in [4.69, 9.17) is 0 Å². The van der Waals surface area contributed by atoms with Gasteiger partial charge >= 0.3 is 0 Å². The van der Waals surface area contributed by atoms with E-state index >= 15 is 0 Å². The smallest absolute Gasteiger partial charge is 0.250 e. The second kappa shape index (κ2) is 6.82. The van der Waals surface area contributed by atoms with Gasteiger partial charge in [0, 0.05) is 0 Å². The van der Waals surface area contributed by atoms with Gasteiger partial charge in [0.25, 0.3) is 0 Å². The molecular formula is C21H19N5O2S2. The maximum Gasteiger partial charge on any atom is 0.250 e. The third kappa shape index (κ3) is 2.80. The number of amides is 2. The zero-order valence-electron chi connectivity index (χ0n) is 16.6. The van der Waals surface area contributed by atoms with Gasteiger partial charge in [-0.25, -0.2) is 0 Å². The average molecular weight is 438 g/mol. The van der Waals surface area contributed by atoms with Crippen LogP contribution in [-0.4, -0.2) is 37.2 Å². The summed E-state index contributed by atoms with van der Waals surface area (Å²) in [5, 5.41) is 11.7. The highest BCUT2D eigenvalue weighted by Crippen LogP contribution is 2.39. The first-order chi connectivity index (χ1) is 14.4. The number of hydrogen-bond donors (Lipinski definition) is 1. The summed E-state index contributed by atoms with van der Waals surface area (Å²) >= 11 is 2.92. The van der Waals surface area contributed by atoms with E-state index in [0.29, 0.717) is 16.5 Å². The molecule has 0 aliphatic carbocycles. The van der Waals surface area contributed by atoms with Crippen molar-refractivity contribution >= 4 is 61.5 Å². The molecule has 4 aromatic rings. The Kier molecular flexibility index (Phi) is 4.33. The standard InChI is InChI=1S/C21H19N5O2S2/c1-12(29-19-23-24-20-25(19)15-10-6-7-11-16(15)30-20)17(27)26-14-9-5-4-8-13(14)22-18(28)21(26,2)3/h4-12H,1-3H3,(H,22,28)/t12-/m0/s1. The summed E-state index contributed by atoms with van der Waals surface area (Å²) in [5.74, 6) is -0.357. The Morgan fingerprint density at radius 3 is 2.70 bits per heavy atom. The molecule has 0 radical (unpaired) electrons. The lowest BCUT2D eigenvalue weighted by molar-refractivity contribution is -0.126. The van der Waals surface area contributed by atoms with Crippen LogP contribution in [-0.2, 0) is 9.59 Å². The molecule has 1 atom stereocenters. The van der Waals surface area contributed by atoms with Crippen LogP contribution in [0.25, 0.3) is 15.2 Å². The second-order valence-electron chi connectivity index (χ2n) is 7.63. The first-order valence-corrected chi connectivity index (χ1v) is 11.2. The number of carbonyl (C=O) groups is 2. The predicted molar refractivity (Wildman–Crippen MR) is 120 cm³/mol. The van der Waals surface area contributed by atoms with E-state index in [9.17, 15) is 9.59 Å². The van der Waals surface area contributed by atoms with Gasteiger partial charge < -0.3 is 5.32 Å². The number of nitrogens with one attached hydrogen (secondary N) is 1. The van der Waals surface area contributed by atoms with Gasteiger partial charge in [-0.15, -0.1) is 10.2 Å². The van der Waals surface area contributed by atoms with Crippen LogP contribution in [0.5, 0.6) is 0 Å². The molecule has 2 aromatic heterocycles. The number of aromatic nitrogens is 3. The number of nitrogens with zero attached hydrogens (tertiary/aromatic N) is 4. The van der Waals surface area contributed by atoms with E-state index in [2.05, 4.69) is 15.5 Å². The largest absolute Gasteiger partial charge is 0.322 e.